The first-order chi connectivity index (χ1) is 9.60. The summed E-state index contributed by atoms with van der Waals surface area (Å²) in [6.45, 7) is 6.94. The Bertz CT molecular complexity index is 560. The second-order valence-electron chi connectivity index (χ2n) is 5.29. The van der Waals surface area contributed by atoms with Crippen LogP contribution in [0.3, 0.4) is 0 Å². The van der Waals surface area contributed by atoms with Crippen LogP contribution in [0.15, 0.2) is 42.5 Å². The largest absolute Gasteiger partial charge is 0.489 e. The summed E-state index contributed by atoms with van der Waals surface area (Å²) in [6, 6.07) is 14.6. The van der Waals surface area contributed by atoms with E-state index in [1.807, 2.05) is 24.3 Å². The van der Waals surface area contributed by atoms with Gasteiger partial charge in [-0.15, -0.1) is 0 Å². The molecule has 0 bridgehead atoms. The van der Waals surface area contributed by atoms with Gasteiger partial charge in [0.2, 0.25) is 0 Å². The molecule has 2 N–H and O–H groups in total. The zero-order valence-electron chi connectivity index (χ0n) is 12.5. The van der Waals surface area contributed by atoms with Gasteiger partial charge >= 0.3 is 0 Å². The molecular formula is C18H23NO. The first-order valence-corrected chi connectivity index (χ1v) is 7.14. The molecule has 0 radical (unpaired) electrons. The molecule has 0 unspecified atom stereocenters. The molecule has 2 nitrogen and oxygen atoms in total. The van der Waals surface area contributed by atoms with Gasteiger partial charge in [-0.1, -0.05) is 37.3 Å². The van der Waals surface area contributed by atoms with Crippen molar-refractivity contribution in [2.45, 2.75) is 39.8 Å². The summed E-state index contributed by atoms with van der Waals surface area (Å²) in [5, 5.41) is 0. The Hall–Kier alpha value is -1.80. The van der Waals surface area contributed by atoms with Gasteiger partial charge in [-0.25, -0.2) is 0 Å². The minimum Gasteiger partial charge on any atom is -0.489 e. The third-order valence-corrected chi connectivity index (χ3v) is 3.72. The minimum absolute atomic E-state index is 0.115. The lowest BCUT2D eigenvalue weighted by atomic mass is 10.1. The highest BCUT2D eigenvalue weighted by Crippen LogP contribution is 2.19. The van der Waals surface area contributed by atoms with Crippen LogP contribution in [0.25, 0.3) is 0 Å². The van der Waals surface area contributed by atoms with Crippen LogP contribution in [0.1, 0.15) is 41.6 Å². The van der Waals surface area contributed by atoms with Gasteiger partial charge < -0.3 is 10.5 Å². The van der Waals surface area contributed by atoms with Gasteiger partial charge in [0.15, 0.2) is 0 Å². The highest BCUT2D eigenvalue weighted by atomic mass is 16.5. The van der Waals surface area contributed by atoms with Gasteiger partial charge in [0.25, 0.3) is 0 Å². The third-order valence-electron chi connectivity index (χ3n) is 3.72. The lowest BCUT2D eigenvalue weighted by molar-refractivity contribution is 0.306. The molecular weight excluding hydrogens is 246 g/mol. The smallest absolute Gasteiger partial charge is 0.119 e. The monoisotopic (exact) mass is 269 g/mol. The number of hydrogen-bond acceptors (Lipinski definition) is 2. The van der Waals surface area contributed by atoms with Crippen molar-refractivity contribution < 1.29 is 4.74 Å². The Morgan fingerprint density at radius 1 is 1.00 bits per heavy atom. The summed E-state index contributed by atoms with van der Waals surface area (Å²) < 4.78 is 5.81. The molecule has 0 aliphatic heterocycles. The summed E-state index contributed by atoms with van der Waals surface area (Å²) in [5.74, 6) is 0.885. The SMILES string of the molecule is CC[C@@H](N)c1ccc(OCc2ccc(C)c(C)c2)cc1. The van der Waals surface area contributed by atoms with Crippen LogP contribution in [0.2, 0.25) is 0 Å². The van der Waals surface area contributed by atoms with Crippen molar-refractivity contribution in [3.63, 3.8) is 0 Å². The molecule has 20 heavy (non-hydrogen) atoms. The van der Waals surface area contributed by atoms with Gasteiger partial charge in [0.1, 0.15) is 12.4 Å². The molecule has 0 aliphatic rings. The van der Waals surface area contributed by atoms with Crippen molar-refractivity contribution >= 4 is 0 Å². The predicted molar refractivity (Wildman–Crippen MR) is 83.9 cm³/mol. The Morgan fingerprint density at radius 3 is 2.30 bits per heavy atom. The Morgan fingerprint density at radius 2 is 1.70 bits per heavy atom. The van der Waals surface area contributed by atoms with E-state index in [1.54, 1.807) is 0 Å². The summed E-state index contributed by atoms with van der Waals surface area (Å²) in [6.07, 6.45) is 0.947. The number of aryl methyl sites for hydroxylation is 2. The van der Waals surface area contributed by atoms with Crippen molar-refractivity contribution in [3.8, 4) is 5.75 Å². The number of rotatable bonds is 5. The topological polar surface area (TPSA) is 35.2 Å². The van der Waals surface area contributed by atoms with Crippen LogP contribution in [0, 0.1) is 13.8 Å². The van der Waals surface area contributed by atoms with Crippen LogP contribution in [-0.2, 0) is 6.61 Å². The molecule has 2 aromatic carbocycles. The zero-order valence-corrected chi connectivity index (χ0v) is 12.5. The summed E-state index contributed by atoms with van der Waals surface area (Å²) in [5.41, 5.74) is 11.0. The fourth-order valence-electron chi connectivity index (χ4n) is 2.11. The highest BCUT2D eigenvalue weighted by Gasteiger charge is 2.03. The Kier molecular flexibility index (Phi) is 4.80. The van der Waals surface area contributed by atoms with E-state index >= 15 is 0 Å². The van der Waals surface area contributed by atoms with Gasteiger partial charge in [0, 0.05) is 6.04 Å². The second kappa shape index (κ2) is 6.58. The van der Waals surface area contributed by atoms with Crippen LogP contribution in [-0.4, -0.2) is 0 Å². The molecule has 0 saturated carbocycles. The number of benzene rings is 2. The average Bonchev–Trinajstić information content (AvgIpc) is 2.48. The van der Waals surface area contributed by atoms with Crippen molar-refractivity contribution in [2.75, 3.05) is 0 Å². The van der Waals surface area contributed by atoms with E-state index in [-0.39, 0.29) is 6.04 Å². The molecule has 0 fully saturated rings. The van der Waals surface area contributed by atoms with Crippen molar-refractivity contribution in [1.29, 1.82) is 0 Å². The molecule has 2 heteroatoms. The fraction of sp³-hybridized carbons (Fsp3) is 0.333. The average molecular weight is 269 g/mol. The second-order valence-corrected chi connectivity index (χ2v) is 5.29. The maximum atomic E-state index is 6.00. The van der Waals surface area contributed by atoms with Crippen molar-refractivity contribution in [3.05, 3.63) is 64.7 Å². The van der Waals surface area contributed by atoms with Crippen molar-refractivity contribution in [1.82, 2.24) is 0 Å². The number of nitrogens with two attached hydrogens (primary N) is 1. The summed E-state index contributed by atoms with van der Waals surface area (Å²) in [4.78, 5) is 0. The molecule has 1 atom stereocenters. The van der Waals surface area contributed by atoms with Crippen LogP contribution in [0.4, 0.5) is 0 Å². The van der Waals surface area contributed by atoms with Gasteiger partial charge in [0.05, 0.1) is 0 Å². The van der Waals surface area contributed by atoms with Gasteiger partial charge in [-0.2, -0.15) is 0 Å². The first kappa shape index (κ1) is 14.6. The zero-order chi connectivity index (χ0) is 14.5. The van der Waals surface area contributed by atoms with E-state index < -0.39 is 0 Å². The van der Waals surface area contributed by atoms with E-state index in [2.05, 4.69) is 39.0 Å². The maximum Gasteiger partial charge on any atom is 0.119 e. The van der Waals surface area contributed by atoms with E-state index in [0.29, 0.717) is 6.61 Å². The Labute approximate surface area is 121 Å². The molecule has 0 spiro atoms. The normalized spacial score (nSPS) is 12.2. The van der Waals surface area contributed by atoms with E-state index in [1.165, 1.54) is 16.7 Å². The molecule has 0 amide bonds. The lowest BCUT2D eigenvalue weighted by Gasteiger charge is -2.11. The fourth-order valence-corrected chi connectivity index (χ4v) is 2.11. The van der Waals surface area contributed by atoms with Crippen LogP contribution in [0.5, 0.6) is 5.75 Å². The van der Waals surface area contributed by atoms with Gasteiger partial charge in [-0.05, 0) is 54.7 Å². The van der Waals surface area contributed by atoms with Crippen LogP contribution < -0.4 is 10.5 Å². The van der Waals surface area contributed by atoms with E-state index in [9.17, 15) is 0 Å². The number of hydrogen-bond donors (Lipinski definition) is 1. The van der Waals surface area contributed by atoms with Crippen LogP contribution >= 0.6 is 0 Å². The molecule has 106 valence electrons. The molecule has 0 saturated heterocycles. The summed E-state index contributed by atoms with van der Waals surface area (Å²) in [7, 11) is 0. The predicted octanol–water partition coefficient (Wildman–Crippen LogP) is 4.29. The molecule has 0 aromatic heterocycles. The first-order valence-electron chi connectivity index (χ1n) is 7.14. The molecule has 0 aliphatic carbocycles. The molecule has 2 aromatic rings. The third kappa shape index (κ3) is 3.61. The van der Waals surface area contributed by atoms with Gasteiger partial charge in [-0.3, -0.25) is 0 Å². The molecule has 0 heterocycles. The Balaban J connectivity index is 1.98. The standard InChI is InChI=1S/C18H23NO/c1-4-18(19)16-7-9-17(10-8-16)20-12-15-6-5-13(2)14(3)11-15/h5-11,18H,4,12,19H2,1-3H3/t18-/m1/s1. The quantitative estimate of drug-likeness (QED) is 0.878. The maximum absolute atomic E-state index is 6.00. The van der Waals surface area contributed by atoms with E-state index in [0.717, 1.165) is 17.7 Å². The molecule has 2 rings (SSSR count). The number of ether oxygens (including phenoxy) is 1. The summed E-state index contributed by atoms with van der Waals surface area (Å²) >= 11 is 0. The van der Waals surface area contributed by atoms with E-state index in [4.69, 9.17) is 10.5 Å². The van der Waals surface area contributed by atoms with Crippen molar-refractivity contribution in [2.24, 2.45) is 5.73 Å². The highest BCUT2D eigenvalue weighted by molar-refractivity contribution is 5.31. The lowest BCUT2D eigenvalue weighted by Crippen LogP contribution is -2.08. The minimum atomic E-state index is 0.115.